The summed E-state index contributed by atoms with van der Waals surface area (Å²) in [6, 6.07) is 13.9. The van der Waals surface area contributed by atoms with Gasteiger partial charge in [-0.1, -0.05) is 12.1 Å². The van der Waals surface area contributed by atoms with E-state index in [1.807, 2.05) is 12.1 Å². The summed E-state index contributed by atoms with van der Waals surface area (Å²) in [7, 11) is 3.08. The van der Waals surface area contributed by atoms with Gasteiger partial charge in [0.15, 0.2) is 11.5 Å². The Labute approximate surface area is 158 Å². The van der Waals surface area contributed by atoms with Gasteiger partial charge in [0.05, 0.1) is 25.9 Å². The van der Waals surface area contributed by atoms with Gasteiger partial charge in [0, 0.05) is 19.2 Å². The highest BCUT2D eigenvalue weighted by Gasteiger charge is 2.16. The van der Waals surface area contributed by atoms with Crippen molar-refractivity contribution in [1.29, 1.82) is 5.26 Å². The number of anilines is 1. The zero-order chi connectivity index (χ0) is 19.8. The molecule has 1 N–H and O–H groups in total. The molecule has 2 amide bonds. The fourth-order valence-electron chi connectivity index (χ4n) is 2.52. The number of ether oxygens (including phenoxy) is 2. The van der Waals surface area contributed by atoms with Crippen molar-refractivity contribution in [2.45, 2.75) is 13.5 Å². The topological polar surface area (TPSA) is 91.7 Å². The molecule has 0 atom stereocenters. The van der Waals surface area contributed by atoms with Crippen LogP contribution in [0.25, 0.3) is 0 Å². The summed E-state index contributed by atoms with van der Waals surface area (Å²) < 4.78 is 10.5. The molecule has 0 radical (unpaired) electrons. The predicted octanol–water partition coefficient (Wildman–Crippen LogP) is 2.56. The predicted molar refractivity (Wildman–Crippen MR) is 100 cm³/mol. The van der Waals surface area contributed by atoms with Gasteiger partial charge in [-0.25, -0.2) is 0 Å². The molecule has 7 heteroatoms. The van der Waals surface area contributed by atoms with Crippen LogP contribution in [0.1, 0.15) is 18.1 Å². The van der Waals surface area contributed by atoms with E-state index < -0.39 is 0 Å². The number of nitriles is 1. The van der Waals surface area contributed by atoms with Crippen LogP contribution in [-0.4, -0.2) is 37.5 Å². The van der Waals surface area contributed by atoms with Crippen molar-refractivity contribution in [3.8, 4) is 17.6 Å². The minimum absolute atomic E-state index is 0.111. The normalized spacial score (nSPS) is 9.85. The number of rotatable bonds is 7. The van der Waals surface area contributed by atoms with Crippen LogP contribution < -0.4 is 14.8 Å². The molecule has 0 unspecified atom stereocenters. The van der Waals surface area contributed by atoms with Crippen molar-refractivity contribution in [2.24, 2.45) is 0 Å². The Morgan fingerprint density at radius 2 is 1.85 bits per heavy atom. The first-order valence-corrected chi connectivity index (χ1v) is 8.23. The SMILES string of the molecule is COc1ccc(CN(CC(=O)Nc2cccc(C#N)c2)C(C)=O)cc1OC. The van der Waals surface area contributed by atoms with E-state index in [1.165, 1.54) is 18.9 Å². The van der Waals surface area contributed by atoms with E-state index in [1.54, 1.807) is 43.5 Å². The van der Waals surface area contributed by atoms with E-state index in [9.17, 15) is 9.59 Å². The number of carbonyl (C=O) groups is 2. The van der Waals surface area contributed by atoms with Crippen molar-refractivity contribution >= 4 is 17.5 Å². The second-order valence-corrected chi connectivity index (χ2v) is 5.81. The molecule has 2 rings (SSSR count). The van der Waals surface area contributed by atoms with Crippen LogP contribution in [0.2, 0.25) is 0 Å². The van der Waals surface area contributed by atoms with Crippen LogP contribution in [0.3, 0.4) is 0 Å². The zero-order valence-electron chi connectivity index (χ0n) is 15.5. The summed E-state index contributed by atoms with van der Waals surface area (Å²) in [5.41, 5.74) is 1.76. The van der Waals surface area contributed by atoms with E-state index in [-0.39, 0.29) is 24.9 Å². The summed E-state index contributed by atoms with van der Waals surface area (Å²) in [5.74, 6) is 0.563. The third-order valence-corrected chi connectivity index (χ3v) is 3.88. The number of benzene rings is 2. The van der Waals surface area contributed by atoms with Crippen LogP contribution >= 0.6 is 0 Å². The van der Waals surface area contributed by atoms with E-state index in [0.29, 0.717) is 22.7 Å². The van der Waals surface area contributed by atoms with Gasteiger partial charge in [-0.05, 0) is 35.9 Å². The van der Waals surface area contributed by atoms with E-state index in [2.05, 4.69) is 5.32 Å². The highest BCUT2D eigenvalue weighted by Crippen LogP contribution is 2.28. The lowest BCUT2D eigenvalue weighted by atomic mass is 10.2. The summed E-state index contributed by atoms with van der Waals surface area (Å²) in [6.07, 6.45) is 0. The molecule has 0 aliphatic rings. The monoisotopic (exact) mass is 367 g/mol. The molecule has 0 heterocycles. The lowest BCUT2D eigenvalue weighted by Gasteiger charge is -2.21. The van der Waals surface area contributed by atoms with Crippen molar-refractivity contribution in [1.82, 2.24) is 4.90 Å². The summed E-state index contributed by atoms with van der Waals surface area (Å²) >= 11 is 0. The number of amides is 2. The Hall–Kier alpha value is -3.53. The number of hydrogen-bond donors (Lipinski definition) is 1. The second kappa shape index (κ2) is 9.25. The van der Waals surface area contributed by atoms with Crippen molar-refractivity contribution in [2.75, 3.05) is 26.1 Å². The molecule has 0 fully saturated rings. The van der Waals surface area contributed by atoms with E-state index in [4.69, 9.17) is 14.7 Å². The summed E-state index contributed by atoms with van der Waals surface area (Å²) in [5, 5.41) is 11.6. The fraction of sp³-hybridized carbons (Fsp3) is 0.250. The van der Waals surface area contributed by atoms with Gasteiger partial charge in [0.25, 0.3) is 0 Å². The molecule has 0 saturated heterocycles. The lowest BCUT2D eigenvalue weighted by Crippen LogP contribution is -2.36. The summed E-state index contributed by atoms with van der Waals surface area (Å²) in [4.78, 5) is 25.7. The van der Waals surface area contributed by atoms with Crippen LogP contribution in [0, 0.1) is 11.3 Å². The first-order valence-electron chi connectivity index (χ1n) is 8.23. The molecule has 0 aliphatic heterocycles. The van der Waals surface area contributed by atoms with Gasteiger partial charge in [-0.15, -0.1) is 0 Å². The summed E-state index contributed by atoms with van der Waals surface area (Å²) in [6.45, 7) is 1.55. The number of nitrogens with zero attached hydrogens (tertiary/aromatic N) is 2. The molecule has 7 nitrogen and oxygen atoms in total. The van der Waals surface area contributed by atoms with Gasteiger partial charge in [-0.2, -0.15) is 5.26 Å². The molecule has 0 bridgehead atoms. The molecule has 27 heavy (non-hydrogen) atoms. The highest BCUT2D eigenvalue weighted by molar-refractivity contribution is 5.94. The maximum atomic E-state index is 12.3. The molecule has 0 spiro atoms. The Morgan fingerprint density at radius 1 is 1.11 bits per heavy atom. The maximum absolute atomic E-state index is 12.3. The molecule has 2 aromatic carbocycles. The largest absolute Gasteiger partial charge is 0.493 e. The smallest absolute Gasteiger partial charge is 0.244 e. The molecule has 0 aliphatic carbocycles. The number of methoxy groups -OCH3 is 2. The molecule has 0 saturated carbocycles. The van der Waals surface area contributed by atoms with Crippen LogP contribution in [0.5, 0.6) is 11.5 Å². The average Bonchev–Trinajstić information content (AvgIpc) is 2.67. The fourth-order valence-corrected chi connectivity index (χ4v) is 2.52. The Kier molecular flexibility index (Phi) is 6.78. The van der Waals surface area contributed by atoms with Gasteiger partial charge in [0.2, 0.25) is 11.8 Å². The van der Waals surface area contributed by atoms with E-state index in [0.717, 1.165) is 5.56 Å². The molecule has 140 valence electrons. The Morgan fingerprint density at radius 3 is 2.48 bits per heavy atom. The highest BCUT2D eigenvalue weighted by atomic mass is 16.5. The van der Waals surface area contributed by atoms with Gasteiger partial charge in [0.1, 0.15) is 6.54 Å². The molecule has 2 aromatic rings. The van der Waals surface area contributed by atoms with Gasteiger partial charge >= 0.3 is 0 Å². The third kappa shape index (κ3) is 5.47. The zero-order valence-corrected chi connectivity index (χ0v) is 15.5. The minimum atomic E-state index is -0.347. The quantitative estimate of drug-likeness (QED) is 0.812. The van der Waals surface area contributed by atoms with Crippen molar-refractivity contribution < 1.29 is 19.1 Å². The van der Waals surface area contributed by atoms with Gasteiger partial charge in [-0.3, -0.25) is 9.59 Å². The van der Waals surface area contributed by atoms with Crippen molar-refractivity contribution in [3.05, 3.63) is 53.6 Å². The number of carbonyl (C=O) groups excluding carboxylic acids is 2. The Balaban J connectivity index is 2.08. The van der Waals surface area contributed by atoms with Crippen molar-refractivity contribution in [3.63, 3.8) is 0 Å². The minimum Gasteiger partial charge on any atom is -0.493 e. The first kappa shape index (κ1) is 19.8. The van der Waals surface area contributed by atoms with E-state index >= 15 is 0 Å². The lowest BCUT2D eigenvalue weighted by molar-refractivity contribution is -0.133. The number of hydrogen-bond acceptors (Lipinski definition) is 5. The Bertz CT molecular complexity index is 874. The maximum Gasteiger partial charge on any atom is 0.244 e. The number of nitrogens with one attached hydrogen (secondary N) is 1. The van der Waals surface area contributed by atoms with Gasteiger partial charge < -0.3 is 19.7 Å². The first-order chi connectivity index (χ1) is 13.0. The second-order valence-electron chi connectivity index (χ2n) is 5.81. The molecule has 0 aromatic heterocycles. The van der Waals surface area contributed by atoms with Crippen LogP contribution in [0.4, 0.5) is 5.69 Å². The molecular weight excluding hydrogens is 346 g/mol. The van der Waals surface area contributed by atoms with Crippen LogP contribution in [0.15, 0.2) is 42.5 Å². The molecular formula is C20H21N3O4. The van der Waals surface area contributed by atoms with Crippen LogP contribution in [-0.2, 0) is 16.1 Å². The third-order valence-electron chi connectivity index (χ3n) is 3.88. The average molecular weight is 367 g/mol. The standard InChI is InChI=1S/C20H21N3O4/c1-14(24)23(12-16-7-8-18(26-2)19(10-16)27-3)13-20(25)22-17-6-4-5-15(9-17)11-21/h4-10H,12-13H2,1-3H3,(H,22,25).